The quantitative estimate of drug-likeness (QED) is 0.139. The summed E-state index contributed by atoms with van der Waals surface area (Å²) in [6.45, 7) is 26.5. The molecule has 0 atom stereocenters. The zero-order chi connectivity index (χ0) is 26.7. The van der Waals surface area contributed by atoms with Crippen molar-refractivity contribution >= 4 is 15.9 Å². The summed E-state index contributed by atoms with van der Waals surface area (Å²) < 4.78 is 0. The summed E-state index contributed by atoms with van der Waals surface area (Å²) >= 11 is 2.94. The minimum atomic E-state index is 0. The smallest absolute Gasteiger partial charge is 0 e. The van der Waals surface area contributed by atoms with Gasteiger partial charge in [-0.25, -0.2) is 0 Å². The molecule has 0 fully saturated rings. The molecule has 1 radical (unpaired) electrons. The van der Waals surface area contributed by atoms with Crippen molar-refractivity contribution in [1.82, 2.24) is 0 Å². The van der Waals surface area contributed by atoms with Crippen LogP contribution in [0.2, 0.25) is 0 Å². The summed E-state index contributed by atoms with van der Waals surface area (Å²) in [7, 11) is 0. The third-order valence-electron chi connectivity index (χ3n) is 4.24. The van der Waals surface area contributed by atoms with E-state index in [4.69, 9.17) is 0 Å². The van der Waals surface area contributed by atoms with Crippen molar-refractivity contribution < 1.29 is 49.5 Å². The van der Waals surface area contributed by atoms with Crippen molar-refractivity contribution in [2.45, 2.75) is 199 Å². The molecule has 0 bridgehead atoms. The van der Waals surface area contributed by atoms with Crippen LogP contribution in [0.15, 0.2) is 0 Å². The van der Waals surface area contributed by atoms with Crippen molar-refractivity contribution in [3.8, 4) is 0 Å². The van der Waals surface area contributed by atoms with Crippen molar-refractivity contribution in [1.29, 1.82) is 0 Å². The predicted molar refractivity (Wildman–Crippen MR) is 176 cm³/mol. The Kier molecular flexibility index (Phi) is 207. The van der Waals surface area contributed by atoms with E-state index in [0.29, 0.717) is 0 Å². The second kappa shape index (κ2) is 110. The van der Waals surface area contributed by atoms with Gasteiger partial charge < -0.3 is 12.9 Å². The summed E-state index contributed by atoms with van der Waals surface area (Å²) in [5.41, 5.74) is 0. The summed E-state index contributed by atoms with van der Waals surface area (Å²) in [6, 6.07) is 0. The second-order valence-electron chi connectivity index (χ2n) is 8.12. The Labute approximate surface area is 274 Å². The maximum absolute atomic E-state index is 2.94. The molecule has 0 rings (SSSR count). The molecular formula is C32H80AcBrO-. The molecule has 0 aromatic heterocycles. The Morgan fingerprint density at radius 1 is 0.286 bits per heavy atom. The van der Waals surface area contributed by atoms with Gasteiger partial charge in [0.1, 0.15) is 0 Å². The van der Waals surface area contributed by atoms with Gasteiger partial charge in [0.25, 0.3) is 0 Å². The molecule has 0 aliphatic carbocycles. The largest absolute Gasteiger partial charge is 0.412 e. The maximum atomic E-state index is 2.94. The number of hydrogen-bond acceptors (Lipinski definition) is 0. The zero-order valence-electron chi connectivity index (χ0n) is 28.2. The Morgan fingerprint density at radius 3 is 0.343 bits per heavy atom. The van der Waals surface area contributed by atoms with Crippen LogP contribution in [-0.4, -0.2) is 11.3 Å². The first kappa shape index (κ1) is 65.7. The fourth-order valence-electron chi connectivity index (χ4n) is 2.12. The van der Waals surface area contributed by atoms with Crippen LogP contribution in [-0.2, 0) is 0 Å². The van der Waals surface area contributed by atoms with Crippen molar-refractivity contribution in [2.75, 3.05) is 5.83 Å². The van der Waals surface area contributed by atoms with Gasteiger partial charge in [-0.3, -0.25) is 0 Å². The molecule has 3 heteroatoms. The van der Waals surface area contributed by atoms with Crippen LogP contribution in [0.5, 0.6) is 0 Å². The van der Waals surface area contributed by atoms with Crippen molar-refractivity contribution in [3.63, 3.8) is 0 Å². The van der Waals surface area contributed by atoms with Crippen LogP contribution in [0.1, 0.15) is 199 Å². The number of unbranched alkanes of at least 4 members (excludes halogenated alkanes) is 12. The SMILES string of the molecule is CBr.CCCCC.CCCCC.CCCCC.CCCCC.CCCCC.CCCCC.O.[Ac].[CH3-]. The van der Waals surface area contributed by atoms with E-state index in [1.54, 1.807) is 0 Å². The molecule has 35 heavy (non-hydrogen) atoms. The fourth-order valence-corrected chi connectivity index (χ4v) is 2.12. The third kappa shape index (κ3) is 214. The van der Waals surface area contributed by atoms with Crippen molar-refractivity contribution in [2.24, 2.45) is 0 Å². The second-order valence-corrected chi connectivity index (χ2v) is 8.12. The van der Waals surface area contributed by atoms with E-state index in [0.717, 1.165) is 0 Å². The number of rotatable bonds is 12. The van der Waals surface area contributed by atoms with Crippen LogP contribution in [0.25, 0.3) is 0 Å². The molecule has 0 spiro atoms. The number of halogens is 1. The van der Waals surface area contributed by atoms with E-state index in [1.165, 1.54) is 116 Å². The summed E-state index contributed by atoms with van der Waals surface area (Å²) in [5, 5.41) is 0. The molecule has 0 saturated heterocycles. The van der Waals surface area contributed by atoms with Gasteiger partial charge in [0.2, 0.25) is 0 Å². The molecule has 2 N–H and O–H groups in total. The van der Waals surface area contributed by atoms with Crippen LogP contribution in [0, 0.1) is 51.5 Å². The first-order valence-corrected chi connectivity index (χ1v) is 16.4. The van der Waals surface area contributed by atoms with Crippen LogP contribution < -0.4 is 0 Å². The average molecular weight is 788 g/mol. The predicted octanol–water partition coefficient (Wildman–Crippen LogP) is 13.8. The molecular weight excluding hydrogens is 707 g/mol. The van der Waals surface area contributed by atoms with Gasteiger partial charge >= 0.3 is 0 Å². The summed E-state index contributed by atoms with van der Waals surface area (Å²) in [5.74, 6) is 1.81. The Balaban J connectivity index is -0.0000000259. The first-order valence-electron chi connectivity index (χ1n) is 14.9. The van der Waals surface area contributed by atoms with Gasteiger partial charge in [-0.2, -0.15) is 0 Å². The van der Waals surface area contributed by atoms with Crippen LogP contribution in [0.4, 0.5) is 0 Å². The average Bonchev–Trinajstić information content (AvgIpc) is 2.81. The third-order valence-corrected chi connectivity index (χ3v) is 4.24. The van der Waals surface area contributed by atoms with Crippen LogP contribution >= 0.6 is 15.9 Å². The maximum Gasteiger partial charge on any atom is 0 e. The van der Waals surface area contributed by atoms with E-state index in [2.05, 4.69) is 99.0 Å². The first-order chi connectivity index (χ1) is 15.5. The van der Waals surface area contributed by atoms with Gasteiger partial charge in [0.15, 0.2) is 0 Å². The minimum Gasteiger partial charge on any atom is -0.412 e. The minimum absolute atomic E-state index is 0. The molecule has 0 unspecified atom stereocenters. The molecule has 0 aromatic rings. The monoisotopic (exact) mass is 787 g/mol. The molecule has 0 aliphatic heterocycles. The summed E-state index contributed by atoms with van der Waals surface area (Å²) in [4.78, 5) is 0. The van der Waals surface area contributed by atoms with Gasteiger partial charge in [-0.1, -0.05) is 215 Å². The standard InChI is InChI=1S/6C5H12.CH3Br.CH3.Ac.H2O/c6*1-3-5-4-2;1-2;;;/h6*3-5H2,1-2H3;1H3;1H3;;1H2/q;;;;;;;-1;;. The van der Waals surface area contributed by atoms with Gasteiger partial charge in [0, 0.05) is 44.1 Å². The van der Waals surface area contributed by atoms with Crippen molar-refractivity contribution in [3.05, 3.63) is 7.43 Å². The molecule has 0 saturated carbocycles. The normalized spacial score (nSPS) is 7.37. The Morgan fingerprint density at radius 2 is 0.343 bits per heavy atom. The van der Waals surface area contributed by atoms with Gasteiger partial charge in [-0.15, -0.1) is 0 Å². The van der Waals surface area contributed by atoms with E-state index in [1.807, 2.05) is 5.83 Å². The molecule has 0 heterocycles. The summed E-state index contributed by atoms with van der Waals surface area (Å²) in [6.07, 6.45) is 24.5. The Bertz CT molecular complexity index is 111. The van der Waals surface area contributed by atoms with E-state index in [9.17, 15) is 0 Å². The number of alkyl halides is 1. The molecule has 0 aliphatic rings. The van der Waals surface area contributed by atoms with E-state index in [-0.39, 0.29) is 57.0 Å². The van der Waals surface area contributed by atoms with E-state index >= 15 is 0 Å². The zero-order valence-corrected chi connectivity index (χ0v) is 34.5. The van der Waals surface area contributed by atoms with E-state index < -0.39 is 0 Å². The molecule has 1 nitrogen and oxygen atoms in total. The van der Waals surface area contributed by atoms with Gasteiger partial charge in [0.05, 0.1) is 0 Å². The topological polar surface area (TPSA) is 31.5 Å². The molecule has 0 aromatic carbocycles. The molecule has 0 amide bonds. The van der Waals surface area contributed by atoms with Gasteiger partial charge in [-0.05, 0) is 5.83 Å². The Hall–Kier alpha value is 1.88. The fraction of sp³-hybridized carbons (Fsp3) is 0.969. The van der Waals surface area contributed by atoms with Crippen LogP contribution in [0.3, 0.4) is 0 Å². The number of hydrogen-bond donors (Lipinski definition) is 0. The molecule has 225 valence electrons.